The molecule has 8 heteroatoms. The van der Waals surface area contributed by atoms with E-state index in [0.29, 0.717) is 24.3 Å². The minimum absolute atomic E-state index is 0.160. The van der Waals surface area contributed by atoms with Gasteiger partial charge >= 0.3 is 0 Å². The maximum Gasteiger partial charge on any atom is 0.274 e. The Labute approximate surface area is 173 Å². The van der Waals surface area contributed by atoms with Crippen LogP contribution in [0.15, 0.2) is 41.2 Å². The number of likely N-dealkylation sites (tertiary alicyclic amines) is 1. The van der Waals surface area contributed by atoms with Crippen molar-refractivity contribution < 1.29 is 9.59 Å². The predicted molar refractivity (Wildman–Crippen MR) is 112 cm³/mol. The fourth-order valence-corrected chi connectivity index (χ4v) is 4.24. The number of thiazole rings is 1. The topological polar surface area (TPSA) is 80.1 Å². The van der Waals surface area contributed by atoms with Crippen LogP contribution in [0.5, 0.6) is 0 Å². The third-order valence-corrected chi connectivity index (χ3v) is 5.69. The van der Waals surface area contributed by atoms with E-state index in [-0.39, 0.29) is 11.8 Å². The van der Waals surface area contributed by atoms with Gasteiger partial charge in [-0.3, -0.25) is 9.59 Å². The van der Waals surface area contributed by atoms with Gasteiger partial charge in [-0.2, -0.15) is 5.10 Å². The van der Waals surface area contributed by atoms with E-state index >= 15 is 0 Å². The number of hydrogen-bond acceptors (Lipinski definition) is 5. The van der Waals surface area contributed by atoms with Gasteiger partial charge in [0, 0.05) is 23.3 Å². The van der Waals surface area contributed by atoms with Crippen molar-refractivity contribution in [3.05, 3.63) is 58.3 Å². The highest BCUT2D eigenvalue weighted by Gasteiger charge is 2.33. The van der Waals surface area contributed by atoms with E-state index in [2.05, 4.69) is 15.4 Å². The van der Waals surface area contributed by atoms with Crippen LogP contribution in [0, 0.1) is 13.8 Å². The van der Waals surface area contributed by atoms with Gasteiger partial charge in [-0.05, 0) is 63.4 Å². The molecule has 1 fully saturated rings. The average molecular weight is 410 g/mol. The molecule has 29 heavy (non-hydrogen) atoms. The highest BCUT2D eigenvalue weighted by Crippen LogP contribution is 2.22. The highest BCUT2D eigenvalue weighted by molar-refractivity contribution is 7.07. The number of nitrogens with zero attached hydrogens (tertiary/aromatic N) is 4. The fraction of sp³-hybridized carbons (Fsp3) is 0.333. The van der Waals surface area contributed by atoms with Crippen molar-refractivity contribution in [3.8, 4) is 5.69 Å². The largest absolute Gasteiger partial charge is 0.325 e. The summed E-state index contributed by atoms with van der Waals surface area (Å²) in [7, 11) is 0. The Morgan fingerprint density at radius 2 is 1.97 bits per heavy atom. The molecule has 0 aliphatic carbocycles. The van der Waals surface area contributed by atoms with Crippen LogP contribution in [0.2, 0.25) is 0 Å². The molecule has 0 radical (unpaired) electrons. The highest BCUT2D eigenvalue weighted by atomic mass is 32.1. The van der Waals surface area contributed by atoms with Crippen LogP contribution >= 0.6 is 11.3 Å². The Morgan fingerprint density at radius 1 is 1.17 bits per heavy atom. The average Bonchev–Trinajstić information content (AvgIpc) is 3.37. The number of piperidine rings is 1. The summed E-state index contributed by atoms with van der Waals surface area (Å²) in [5, 5.41) is 9.16. The summed E-state index contributed by atoms with van der Waals surface area (Å²) >= 11 is 1.38. The van der Waals surface area contributed by atoms with E-state index in [9.17, 15) is 9.59 Å². The number of anilines is 1. The van der Waals surface area contributed by atoms with Crippen LogP contribution in [-0.4, -0.2) is 44.1 Å². The molecule has 2 amide bonds. The molecule has 4 rings (SSSR count). The summed E-state index contributed by atoms with van der Waals surface area (Å²) < 4.78 is 1.87. The number of hydrogen-bond donors (Lipinski definition) is 1. The minimum atomic E-state index is -0.478. The fourth-order valence-electron chi connectivity index (χ4n) is 3.71. The molecule has 1 aromatic carbocycles. The van der Waals surface area contributed by atoms with Crippen LogP contribution in [0.3, 0.4) is 0 Å². The molecular weight excluding hydrogens is 386 g/mol. The van der Waals surface area contributed by atoms with E-state index in [1.54, 1.807) is 15.8 Å². The van der Waals surface area contributed by atoms with Crippen LogP contribution < -0.4 is 5.32 Å². The lowest BCUT2D eigenvalue weighted by atomic mass is 10.0. The van der Waals surface area contributed by atoms with Gasteiger partial charge in [0.1, 0.15) is 11.7 Å². The Balaban J connectivity index is 1.47. The monoisotopic (exact) mass is 409 g/mol. The zero-order chi connectivity index (χ0) is 20.4. The number of aryl methyl sites for hydroxylation is 2. The van der Waals surface area contributed by atoms with Crippen molar-refractivity contribution in [1.29, 1.82) is 0 Å². The Hall–Kier alpha value is -3.00. The van der Waals surface area contributed by atoms with Crippen LogP contribution in [-0.2, 0) is 4.79 Å². The Morgan fingerprint density at radius 3 is 2.62 bits per heavy atom. The van der Waals surface area contributed by atoms with Crippen LogP contribution in [0.1, 0.15) is 41.1 Å². The van der Waals surface area contributed by atoms with Gasteiger partial charge in [0.15, 0.2) is 0 Å². The van der Waals surface area contributed by atoms with Crippen molar-refractivity contribution in [3.63, 3.8) is 0 Å². The van der Waals surface area contributed by atoms with Gasteiger partial charge in [0.2, 0.25) is 5.91 Å². The van der Waals surface area contributed by atoms with Gasteiger partial charge in [-0.25, -0.2) is 9.67 Å². The van der Waals surface area contributed by atoms with Crippen molar-refractivity contribution >= 4 is 28.8 Å². The first-order valence-corrected chi connectivity index (χ1v) is 10.6. The Bertz CT molecular complexity index is 1010. The van der Waals surface area contributed by atoms with Gasteiger partial charge in [-0.1, -0.05) is 0 Å². The van der Waals surface area contributed by atoms with Crippen molar-refractivity contribution in [2.24, 2.45) is 0 Å². The lowest BCUT2D eigenvalue weighted by Crippen LogP contribution is -2.50. The smallest absolute Gasteiger partial charge is 0.274 e. The van der Waals surface area contributed by atoms with E-state index < -0.39 is 6.04 Å². The molecule has 2 aromatic heterocycles. The molecule has 0 bridgehead atoms. The first-order chi connectivity index (χ1) is 14.0. The number of carbonyl (C=O) groups is 2. The molecule has 0 spiro atoms. The molecule has 7 nitrogen and oxygen atoms in total. The molecule has 1 aliphatic heterocycles. The lowest BCUT2D eigenvalue weighted by Gasteiger charge is -2.34. The minimum Gasteiger partial charge on any atom is -0.325 e. The number of carbonyl (C=O) groups excluding carboxylic acids is 2. The first kappa shape index (κ1) is 19.3. The van der Waals surface area contributed by atoms with E-state index in [0.717, 1.165) is 29.9 Å². The molecule has 0 unspecified atom stereocenters. The standard InChI is InChI=1S/C21H23N5O2S/c1-14-11-15(2)26(24-14)17-8-6-16(7-9-17)23-20(27)19-5-3-4-10-25(19)21(28)18-12-29-13-22-18/h6-9,11-13,19H,3-5,10H2,1-2H3,(H,23,27)/t19-/m0/s1. The molecule has 1 aliphatic rings. The van der Waals surface area contributed by atoms with Gasteiger partial charge in [0.25, 0.3) is 5.91 Å². The van der Waals surface area contributed by atoms with Gasteiger partial charge < -0.3 is 10.2 Å². The second-order valence-electron chi connectivity index (χ2n) is 7.26. The summed E-state index contributed by atoms with van der Waals surface area (Å²) in [6.07, 6.45) is 2.48. The van der Waals surface area contributed by atoms with Gasteiger partial charge in [-0.15, -0.1) is 11.3 Å². The van der Waals surface area contributed by atoms with E-state index in [1.165, 1.54) is 11.3 Å². The van der Waals surface area contributed by atoms with Crippen molar-refractivity contribution in [2.75, 3.05) is 11.9 Å². The van der Waals surface area contributed by atoms with E-state index in [1.807, 2.05) is 48.9 Å². The molecule has 1 N–H and O–H groups in total. The van der Waals surface area contributed by atoms with Crippen LogP contribution in [0.4, 0.5) is 5.69 Å². The number of rotatable bonds is 4. The zero-order valence-corrected chi connectivity index (χ0v) is 17.3. The molecule has 0 saturated carbocycles. The molecule has 3 heterocycles. The zero-order valence-electron chi connectivity index (χ0n) is 16.5. The summed E-state index contributed by atoms with van der Waals surface area (Å²) in [4.78, 5) is 31.4. The van der Waals surface area contributed by atoms with Gasteiger partial charge in [0.05, 0.1) is 16.9 Å². The predicted octanol–water partition coefficient (Wildman–Crippen LogP) is 3.58. The van der Waals surface area contributed by atoms with Crippen molar-refractivity contribution in [2.45, 2.75) is 39.2 Å². The van der Waals surface area contributed by atoms with E-state index in [4.69, 9.17) is 0 Å². The quantitative estimate of drug-likeness (QED) is 0.714. The summed E-state index contributed by atoms with van der Waals surface area (Å²) in [6, 6.07) is 9.11. The molecule has 1 atom stereocenters. The maximum atomic E-state index is 12.9. The number of nitrogens with one attached hydrogen (secondary N) is 1. The van der Waals surface area contributed by atoms with Crippen LogP contribution in [0.25, 0.3) is 5.69 Å². The normalized spacial score (nSPS) is 16.6. The first-order valence-electron chi connectivity index (χ1n) is 9.66. The molecule has 150 valence electrons. The summed E-state index contributed by atoms with van der Waals surface area (Å²) in [5.74, 6) is -0.335. The second-order valence-corrected chi connectivity index (χ2v) is 7.98. The lowest BCUT2D eigenvalue weighted by molar-refractivity contribution is -0.121. The van der Waals surface area contributed by atoms with Crippen molar-refractivity contribution in [1.82, 2.24) is 19.7 Å². The summed E-state index contributed by atoms with van der Waals surface area (Å²) in [6.45, 7) is 4.54. The number of aromatic nitrogens is 3. The number of amides is 2. The third kappa shape index (κ3) is 4.07. The maximum absolute atomic E-state index is 12.9. The molecular formula is C21H23N5O2S. The summed E-state index contributed by atoms with van der Waals surface area (Å²) in [5.41, 5.74) is 5.69. The number of benzene rings is 1. The Kier molecular flexibility index (Phi) is 5.44. The SMILES string of the molecule is Cc1cc(C)n(-c2ccc(NC(=O)[C@@H]3CCCCN3C(=O)c3cscn3)cc2)n1. The molecule has 3 aromatic rings. The third-order valence-electron chi connectivity index (χ3n) is 5.11. The molecule has 1 saturated heterocycles. The second kappa shape index (κ2) is 8.16.